The molecular formula is C54H38N2O. The Morgan fingerprint density at radius 3 is 1.82 bits per heavy atom. The van der Waals surface area contributed by atoms with E-state index in [1.165, 1.54) is 82.7 Å². The highest BCUT2D eigenvalue weighted by molar-refractivity contribution is 6.18. The Bertz CT molecular complexity index is 3460. The Morgan fingerprint density at radius 1 is 0.474 bits per heavy atom. The van der Waals surface area contributed by atoms with Gasteiger partial charge in [-0.2, -0.15) is 0 Å². The zero-order chi connectivity index (χ0) is 38.0. The summed E-state index contributed by atoms with van der Waals surface area (Å²) in [7, 11) is 0. The fourth-order valence-electron chi connectivity index (χ4n) is 9.89. The second-order valence-electron chi connectivity index (χ2n) is 16.2. The quantitative estimate of drug-likeness (QED) is 0.162. The predicted molar refractivity (Wildman–Crippen MR) is 239 cm³/mol. The van der Waals surface area contributed by atoms with E-state index in [1.807, 2.05) is 12.1 Å². The third-order valence-electron chi connectivity index (χ3n) is 12.7. The zero-order valence-electron chi connectivity index (χ0n) is 31.9. The second-order valence-corrected chi connectivity index (χ2v) is 16.2. The molecule has 12 rings (SSSR count). The first kappa shape index (κ1) is 32.2. The summed E-state index contributed by atoms with van der Waals surface area (Å²) in [5.41, 5.74) is 17.8. The van der Waals surface area contributed by atoms with Crippen LogP contribution in [0.5, 0.6) is 0 Å². The van der Waals surface area contributed by atoms with Crippen LogP contribution in [-0.2, 0) is 11.8 Å². The van der Waals surface area contributed by atoms with Gasteiger partial charge < -0.3 is 13.6 Å². The summed E-state index contributed by atoms with van der Waals surface area (Å²) in [6.07, 6.45) is 2.80. The van der Waals surface area contributed by atoms with Crippen molar-refractivity contribution in [2.24, 2.45) is 0 Å². The van der Waals surface area contributed by atoms with Crippen molar-refractivity contribution in [2.75, 3.05) is 0 Å². The fourth-order valence-corrected chi connectivity index (χ4v) is 9.89. The number of hydrogen-bond donors (Lipinski definition) is 0. The molecule has 0 N–H and O–H groups in total. The van der Waals surface area contributed by atoms with E-state index in [0.717, 1.165) is 39.6 Å². The van der Waals surface area contributed by atoms with E-state index >= 15 is 0 Å². The number of furan rings is 1. The Balaban J connectivity index is 1.11. The number of rotatable bonds is 5. The maximum Gasteiger partial charge on any atom is 0.137 e. The van der Waals surface area contributed by atoms with Gasteiger partial charge in [0.15, 0.2) is 0 Å². The monoisotopic (exact) mass is 730 g/mol. The van der Waals surface area contributed by atoms with Crippen molar-refractivity contribution in [1.82, 2.24) is 9.13 Å². The summed E-state index contributed by atoms with van der Waals surface area (Å²) in [6.45, 7) is 8.67. The third-order valence-corrected chi connectivity index (χ3v) is 12.7. The van der Waals surface area contributed by atoms with Crippen LogP contribution < -0.4 is 0 Å². The van der Waals surface area contributed by atoms with Gasteiger partial charge in [-0.3, -0.25) is 0 Å². The average Bonchev–Trinajstić information content (AvgIpc) is 3.94. The van der Waals surface area contributed by atoms with Gasteiger partial charge >= 0.3 is 0 Å². The van der Waals surface area contributed by atoms with E-state index < -0.39 is 0 Å². The van der Waals surface area contributed by atoms with Gasteiger partial charge in [-0.1, -0.05) is 105 Å². The van der Waals surface area contributed by atoms with Crippen molar-refractivity contribution >= 4 is 65.6 Å². The molecule has 1 aliphatic carbocycles. The molecule has 0 saturated heterocycles. The minimum atomic E-state index is -0.0835. The first-order valence-electron chi connectivity index (χ1n) is 19.8. The van der Waals surface area contributed by atoms with Gasteiger partial charge in [0, 0.05) is 55.2 Å². The first-order chi connectivity index (χ1) is 28.0. The predicted octanol–water partition coefficient (Wildman–Crippen LogP) is 14.5. The fraction of sp³-hybridized carbons (Fsp3) is 0.0741. The van der Waals surface area contributed by atoms with Crippen LogP contribution in [0.3, 0.4) is 0 Å². The maximum absolute atomic E-state index is 6.43. The average molecular weight is 731 g/mol. The van der Waals surface area contributed by atoms with E-state index in [-0.39, 0.29) is 5.41 Å². The number of allylic oxidation sites excluding steroid dienone is 1. The molecule has 0 atom stereocenters. The number of para-hydroxylation sites is 2. The third kappa shape index (κ3) is 4.54. The molecule has 3 heteroatoms. The Morgan fingerprint density at radius 2 is 1.09 bits per heavy atom. The smallest absolute Gasteiger partial charge is 0.137 e. The van der Waals surface area contributed by atoms with Gasteiger partial charge in [-0.05, 0) is 118 Å². The van der Waals surface area contributed by atoms with E-state index in [9.17, 15) is 0 Å². The van der Waals surface area contributed by atoms with E-state index in [0.29, 0.717) is 0 Å². The highest BCUT2D eigenvalue weighted by Crippen LogP contribution is 2.51. The normalized spacial score (nSPS) is 13.4. The molecule has 1 aliphatic rings. The zero-order valence-corrected chi connectivity index (χ0v) is 31.9. The van der Waals surface area contributed by atoms with Crippen LogP contribution in [-0.4, -0.2) is 9.13 Å². The van der Waals surface area contributed by atoms with Gasteiger partial charge in [-0.25, -0.2) is 0 Å². The topological polar surface area (TPSA) is 23.0 Å². The van der Waals surface area contributed by atoms with E-state index in [1.54, 1.807) is 0 Å². The molecule has 0 fully saturated rings. The lowest BCUT2D eigenvalue weighted by atomic mass is 9.82. The highest BCUT2D eigenvalue weighted by atomic mass is 16.3. The van der Waals surface area contributed by atoms with Crippen molar-refractivity contribution in [3.05, 3.63) is 193 Å². The van der Waals surface area contributed by atoms with Crippen LogP contribution in [0.25, 0.3) is 99.2 Å². The largest absolute Gasteiger partial charge is 0.456 e. The van der Waals surface area contributed by atoms with Gasteiger partial charge in [0.05, 0.1) is 22.1 Å². The van der Waals surface area contributed by atoms with Crippen LogP contribution in [0.4, 0.5) is 0 Å². The molecule has 0 radical (unpaired) electrons. The van der Waals surface area contributed by atoms with Crippen LogP contribution in [0, 0.1) is 0 Å². The van der Waals surface area contributed by atoms with Crippen LogP contribution >= 0.6 is 0 Å². The molecule has 3 heterocycles. The summed E-state index contributed by atoms with van der Waals surface area (Å²) < 4.78 is 11.3. The summed E-state index contributed by atoms with van der Waals surface area (Å²) in [6, 6.07) is 60.4. The Hall–Kier alpha value is -7.10. The van der Waals surface area contributed by atoms with Crippen LogP contribution in [0.2, 0.25) is 0 Å². The van der Waals surface area contributed by atoms with Crippen molar-refractivity contribution in [1.29, 1.82) is 0 Å². The molecule has 8 aromatic carbocycles. The molecule has 0 saturated carbocycles. The second kappa shape index (κ2) is 11.7. The van der Waals surface area contributed by atoms with Crippen molar-refractivity contribution in [3.63, 3.8) is 0 Å². The lowest BCUT2D eigenvalue weighted by Gasteiger charge is -2.21. The summed E-state index contributed by atoms with van der Waals surface area (Å²) in [5, 5.41) is 7.22. The summed E-state index contributed by atoms with van der Waals surface area (Å²) in [5.74, 6) is 0. The van der Waals surface area contributed by atoms with Gasteiger partial charge in [-0.15, -0.1) is 6.58 Å². The summed E-state index contributed by atoms with van der Waals surface area (Å²) >= 11 is 0. The molecule has 0 aliphatic heterocycles. The number of benzene rings is 8. The number of hydrogen-bond acceptors (Lipinski definition) is 1. The molecule has 3 nitrogen and oxygen atoms in total. The minimum Gasteiger partial charge on any atom is -0.456 e. The summed E-state index contributed by atoms with van der Waals surface area (Å²) in [4.78, 5) is 0. The lowest BCUT2D eigenvalue weighted by Crippen LogP contribution is -2.14. The van der Waals surface area contributed by atoms with Crippen LogP contribution in [0.15, 0.2) is 181 Å². The molecule has 3 aromatic heterocycles. The van der Waals surface area contributed by atoms with Crippen molar-refractivity contribution in [3.8, 4) is 33.6 Å². The van der Waals surface area contributed by atoms with Gasteiger partial charge in [0.2, 0.25) is 0 Å². The molecular weight excluding hydrogens is 693 g/mol. The maximum atomic E-state index is 6.43. The molecule has 0 spiro atoms. The van der Waals surface area contributed by atoms with Crippen LogP contribution in [0.1, 0.15) is 30.5 Å². The van der Waals surface area contributed by atoms with Gasteiger partial charge in [0.1, 0.15) is 11.2 Å². The lowest BCUT2D eigenvalue weighted by molar-refractivity contribution is 0.661. The molecule has 11 aromatic rings. The molecule has 57 heavy (non-hydrogen) atoms. The SMILES string of the molecule is C=CCc1ccc(-n2c3ccc(-c4ccc5c(c4)c4cc6c(cc4n5-c4ccccc4)C(C)(C)c4ccccc4-6)cc3c3cc4c(cc32)oc2ccccc24)cc1. The molecule has 0 unspecified atom stereocenters. The molecule has 0 bridgehead atoms. The van der Waals surface area contributed by atoms with E-state index in [4.69, 9.17) is 4.42 Å². The van der Waals surface area contributed by atoms with Crippen molar-refractivity contribution < 1.29 is 4.42 Å². The highest BCUT2D eigenvalue weighted by Gasteiger charge is 2.36. The number of nitrogens with zero attached hydrogens (tertiary/aromatic N) is 2. The standard InChI is InChI=1S/C54H38N2O/c1-4-12-33-19-23-37(24-20-33)56-49-26-22-35(28-42(49)44-30-45-39-16-9-11-18-52(39)57-53(45)32-51(44)56)34-21-25-48-41(27-34)43-29-40-38-15-8-10-17-46(38)54(2,3)47(40)31-50(43)55(48)36-13-6-5-7-14-36/h4-11,13-32H,1,12H2,2-3H3. The minimum absolute atomic E-state index is 0.0835. The molecule has 270 valence electrons. The van der Waals surface area contributed by atoms with Crippen molar-refractivity contribution in [2.45, 2.75) is 25.7 Å². The Kier molecular flexibility index (Phi) is 6.61. The number of fused-ring (bicyclic) bond motifs is 12. The number of aromatic nitrogens is 2. The Labute approximate surface area is 330 Å². The van der Waals surface area contributed by atoms with E-state index in [2.05, 4.69) is 187 Å². The molecule has 0 amide bonds. The van der Waals surface area contributed by atoms with Gasteiger partial charge in [0.25, 0.3) is 0 Å². The first-order valence-corrected chi connectivity index (χ1v) is 19.8.